The molecule has 18 heavy (non-hydrogen) atoms. The third-order valence-electron chi connectivity index (χ3n) is 2.36. The van der Waals surface area contributed by atoms with Gasteiger partial charge in [-0.3, -0.25) is 0 Å². The number of hydrogen-bond acceptors (Lipinski definition) is 5. The second-order valence-electron chi connectivity index (χ2n) is 3.80. The average Bonchev–Trinajstić information content (AvgIpc) is 2.34. The monoisotopic (exact) mass is 280 g/mol. The zero-order chi connectivity index (χ0) is 13.1. The SMILES string of the molecule is CCc1nc(Cl)c(C)c(Sc2nccc(C)n2)n1. The van der Waals surface area contributed by atoms with Gasteiger partial charge in [0.05, 0.1) is 0 Å². The summed E-state index contributed by atoms with van der Waals surface area (Å²) in [7, 11) is 0. The van der Waals surface area contributed by atoms with Gasteiger partial charge in [-0.25, -0.2) is 19.9 Å². The summed E-state index contributed by atoms with van der Waals surface area (Å²) in [5.41, 5.74) is 1.80. The number of nitrogens with zero attached hydrogens (tertiary/aromatic N) is 4. The lowest BCUT2D eigenvalue weighted by atomic mass is 10.3. The predicted molar refractivity (Wildman–Crippen MR) is 72.0 cm³/mol. The number of aromatic nitrogens is 4. The third kappa shape index (κ3) is 2.97. The third-order valence-corrected chi connectivity index (χ3v) is 3.70. The Morgan fingerprint density at radius 2 is 2.00 bits per heavy atom. The van der Waals surface area contributed by atoms with Crippen molar-refractivity contribution in [1.29, 1.82) is 0 Å². The van der Waals surface area contributed by atoms with Crippen LogP contribution in [0.1, 0.15) is 24.0 Å². The van der Waals surface area contributed by atoms with Crippen molar-refractivity contribution in [2.45, 2.75) is 37.4 Å². The highest BCUT2D eigenvalue weighted by Crippen LogP contribution is 2.29. The number of halogens is 1. The molecule has 0 unspecified atom stereocenters. The minimum absolute atomic E-state index is 0.497. The maximum Gasteiger partial charge on any atom is 0.194 e. The first-order valence-corrected chi connectivity index (χ1v) is 6.80. The normalized spacial score (nSPS) is 10.7. The highest BCUT2D eigenvalue weighted by Gasteiger charge is 2.11. The Bertz CT molecular complexity index is 574. The van der Waals surface area contributed by atoms with Gasteiger partial charge in [-0.1, -0.05) is 18.5 Å². The molecule has 2 aromatic heterocycles. The maximum absolute atomic E-state index is 6.09. The fourth-order valence-electron chi connectivity index (χ4n) is 1.33. The molecule has 0 aliphatic heterocycles. The number of hydrogen-bond donors (Lipinski definition) is 0. The molecule has 2 aromatic rings. The van der Waals surface area contributed by atoms with Crippen LogP contribution in [0.15, 0.2) is 22.4 Å². The average molecular weight is 281 g/mol. The minimum Gasteiger partial charge on any atom is -0.231 e. The molecule has 0 N–H and O–H groups in total. The van der Waals surface area contributed by atoms with E-state index < -0.39 is 0 Å². The lowest BCUT2D eigenvalue weighted by Crippen LogP contribution is -1.99. The van der Waals surface area contributed by atoms with Crippen molar-refractivity contribution in [1.82, 2.24) is 19.9 Å². The molecule has 0 aromatic carbocycles. The summed E-state index contributed by atoms with van der Waals surface area (Å²) in [6.07, 6.45) is 2.49. The van der Waals surface area contributed by atoms with Crippen LogP contribution in [0.4, 0.5) is 0 Å². The van der Waals surface area contributed by atoms with Gasteiger partial charge in [-0.15, -0.1) is 0 Å². The van der Waals surface area contributed by atoms with E-state index in [2.05, 4.69) is 19.9 Å². The molecular weight excluding hydrogens is 268 g/mol. The van der Waals surface area contributed by atoms with Gasteiger partial charge in [0, 0.05) is 23.9 Å². The van der Waals surface area contributed by atoms with Crippen LogP contribution in [0.2, 0.25) is 5.15 Å². The lowest BCUT2D eigenvalue weighted by Gasteiger charge is -2.07. The fraction of sp³-hybridized carbons (Fsp3) is 0.333. The summed E-state index contributed by atoms with van der Waals surface area (Å²) in [5.74, 6) is 0.737. The van der Waals surface area contributed by atoms with E-state index in [0.717, 1.165) is 28.5 Å². The molecule has 0 spiro atoms. The number of aryl methyl sites for hydroxylation is 2. The largest absolute Gasteiger partial charge is 0.231 e. The van der Waals surface area contributed by atoms with Gasteiger partial charge in [0.25, 0.3) is 0 Å². The smallest absolute Gasteiger partial charge is 0.194 e. The van der Waals surface area contributed by atoms with Gasteiger partial charge >= 0.3 is 0 Å². The molecule has 0 aliphatic carbocycles. The first-order valence-electron chi connectivity index (χ1n) is 5.60. The van der Waals surface area contributed by atoms with E-state index in [-0.39, 0.29) is 0 Å². The molecule has 4 nitrogen and oxygen atoms in total. The Balaban J connectivity index is 2.36. The molecule has 2 heterocycles. The molecule has 0 atom stereocenters. The second-order valence-corrected chi connectivity index (χ2v) is 5.11. The predicted octanol–water partition coefficient (Wildman–Crippen LogP) is 3.25. The molecule has 0 fully saturated rings. The van der Waals surface area contributed by atoms with E-state index in [1.165, 1.54) is 11.8 Å². The van der Waals surface area contributed by atoms with Gasteiger partial charge in [0.2, 0.25) is 0 Å². The molecule has 6 heteroatoms. The Hall–Kier alpha value is -1.20. The van der Waals surface area contributed by atoms with Crippen molar-refractivity contribution in [2.75, 3.05) is 0 Å². The van der Waals surface area contributed by atoms with Crippen molar-refractivity contribution in [3.8, 4) is 0 Å². The molecular formula is C12H13ClN4S. The van der Waals surface area contributed by atoms with Crippen LogP contribution in [0.3, 0.4) is 0 Å². The summed E-state index contributed by atoms with van der Waals surface area (Å²) in [5, 5.41) is 1.99. The standard InChI is InChI=1S/C12H13ClN4S/c1-4-9-16-10(13)8(3)11(17-9)18-12-14-6-5-7(2)15-12/h5-6H,4H2,1-3H3. The van der Waals surface area contributed by atoms with Crippen LogP contribution in [0.5, 0.6) is 0 Å². The molecule has 94 valence electrons. The van der Waals surface area contributed by atoms with Crippen molar-refractivity contribution in [2.24, 2.45) is 0 Å². The Morgan fingerprint density at radius 3 is 2.67 bits per heavy atom. The molecule has 0 amide bonds. The summed E-state index contributed by atoms with van der Waals surface area (Å²) < 4.78 is 0. The molecule has 0 saturated carbocycles. The quantitative estimate of drug-likeness (QED) is 0.638. The lowest BCUT2D eigenvalue weighted by molar-refractivity contribution is 0.863. The van der Waals surface area contributed by atoms with E-state index in [1.807, 2.05) is 26.8 Å². The van der Waals surface area contributed by atoms with E-state index in [4.69, 9.17) is 11.6 Å². The van der Waals surface area contributed by atoms with Crippen LogP contribution in [0.25, 0.3) is 0 Å². The van der Waals surface area contributed by atoms with Gasteiger partial charge in [0.15, 0.2) is 5.16 Å². The fourth-order valence-corrected chi connectivity index (χ4v) is 2.45. The van der Waals surface area contributed by atoms with Gasteiger partial charge in [-0.05, 0) is 31.7 Å². The van der Waals surface area contributed by atoms with Gasteiger partial charge in [-0.2, -0.15) is 0 Å². The van der Waals surface area contributed by atoms with E-state index >= 15 is 0 Å². The van der Waals surface area contributed by atoms with Crippen LogP contribution in [-0.2, 0) is 6.42 Å². The molecule has 0 radical (unpaired) electrons. The van der Waals surface area contributed by atoms with Gasteiger partial charge in [0.1, 0.15) is 16.0 Å². The molecule has 0 bridgehead atoms. The zero-order valence-electron chi connectivity index (χ0n) is 10.4. The van der Waals surface area contributed by atoms with Crippen LogP contribution < -0.4 is 0 Å². The zero-order valence-corrected chi connectivity index (χ0v) is 12.0. The van der Waals surface area contributed by atoms with Crippen molar-refractivity contribution in [3.63, 3.8) is 0 Å². The summed E-state index contributed by atoms with van der Waals surface area (Å²) in [4.78, 5) is 17.2. The Kier molecular flexibility index (Phi) is 4.14. The van der Waals surface area contributed by atoms with Crippen LogP contribution in [0, 0.1) is 13.8 Å². The van der Waals surface area contributed by atoms with E-state index in [9.17, 15) is 0 Å². The molecule has 0 aliphatic rings. The van der Waals surface area contributed by atoms with Crippen molar-refractivity contribution < 1.29 is 0 Å². The summed E-state index contributed by atoms with van der Waals surface area (Å²) in [6, 6.07) is 1.86. The minimum atomic E-state index is 0.497. The van der Waals surface area contributed by atoms with E-state index in [0.29, 0.717) is 10.3 Å². The number of rotatable bonds is 3. The summed E-state index contributed by atoms with van der Waals surface area (Å²) in [6.45, 7) is 5.83. The van der Waals surface area contributed by atoms with Crippen molar-refractivity contribution in [3.05, 3.63) is 34.5 Å². The Labute approximate surface area is 115 Å². The second kappa shape index (κ2) is 5.63. The van der Waals surface area contributed by atoms with Crippen molar-refractivity contribution >= 4 is 23.4 Å². The first kappa shape index (κ1) is 13.2. The van der Waals surface area contributed by atoms with E-state index in [1.54, 1.807) is 6.20 Å². The van der Waals surface area contributed by atoms with Gasteiger partial charge < -0.3 is 0 Å². The topological polar surface area (TPSA) is 51.6 Å². The molecule has 0 saturated heterocycles. The summed E-state index contributed by atoms with van der Waals surface area (Å²) >= 11 is 7.50. The Morgan fingerprint density at radius 1 is 1.22 bits per heavy atom. The highest BCUT2D eigenvalue weighted by molar-refractivity contribution is 7.99. The van der Waals surface area contributed by atoms with Crippen LogP contribution >= 0.6 is 23.4 Å². The maximum atomic E-state index is 6.09. The first-order chi connectivity index (χ1) is 8.60. The van der Waals surface area contributed by atoms with Crippen LogP contribution in [-0.4, -0.2) is 19.9 Å². The highest BCUT2D eigenvalue weighted by atomic mass is 35.5. The molecule has 2 rings (SSSR count).